The first-order valence-corrected chi connectivity index (χ1v) is 9.98. The minimum absolute atomic E-state index is 0.111. The fourth-order valence-electron chi connectivity index (χ4n) is 2.51. The van der Waals surface area contributed by atoms with Gasteiger partial charge in [-0.25, -0.2) is 0 Å². The first-order chi connectivity index (χ1) is 13.5. The van der Waals surface area contributed by atoms with Crippen molar-refractivity contribution in [1.29, 1.82) is 0 Å². The molecule has 0 fully saturated rings. The number of nitrogens with zero attached hydrogens (tertiary/aromatic N) is 2. The third kappa shape index (κ3) is 5.56. The lowest BCUT2D eigenvalue weighted by atomic mass is 10.2. The Hall–Kier alpha value is -2.38. The van der Waals surface area contributed by atoms with Crippen LogP contribution in [-0.2, 0) is 17.8 Å². The maximum Gasteiger partial charge on any atom is 0.227 e. The zero-order valence-corrected chi connectivity index (χ0v) is 17.6. The number of ether oxygens (including phenoxy) is 1. The van der Waals surface area contributed by atoms with E-state index < -0.39 is 0 Å². The Labute approximate surface area is 176 Å². The highest BCUT2D eigenvalue weighted by atomic mass is 79.9. The Bertz CT molecular complexity index is 944. The zero-order chi connectivity index (χ0) is 19.9. The fourth-order valence-corrected chi connectivity index (χ4v) is 3.25. The largest absolute Gasteiger partial charge is 0.494 e. The van der Waals surface area contributed by atoms with Crippen LogP contribution >= 0.6 is 27.5 Å². The van der Waals surface area contributed by atoms with E-state index in [0.717, 1.165) is 21.3 Å². The highest BCUT2D eigenvalue weighted by molar-refractivity contribution is 9.10. The number of carbonyl (C=O) groups is 1. The summed E-state index contributed by atoms with van der Waals surface area (Å²) >= 11 is 9.51. The number of rotatable bonds is 8. The topological polar surface area (TPSA) is 77.2 Å². The Kier molecular flexibility index (Phi) is 7.06. The van der Waals surface area contributed by atoms with Gasteiger partial charge in [-0.05, 0) is 48.9 Å². The minimum Gasteiger partial charge on any atom is -0.494 e. The smallest absolute Gasteiger partial charge is 0.227 e. The SMILES string of the molecule is CCOc1ccc(-c2noc(CCC(=O)NCc3ccc(Br)cc3Cl)n2)cc1. The Morgan fingerprint density at radius 2 is 2.04 bits per heavy atom. The number of benzene rings is 2. The molecule has 0 unspecified atom stereocenters. The van der Waals surface area contributed by atoms with Crippen molar-refractivity contribution in [2.75, 3.05) is 6.61 Å². The van der Waals surface area contributed by atoms with Crippen LogP contribution < -0.4 is 10.1 Å². The molecule has 28 heavy (non-hydrogen) atoms. The number of nitrogens with one attached hydrogen (secondary N) is 1. The van der Waals surface area contributed by atoms with Gasteiger partial charge in [0.2, 0.25) is 17.6 Å². The Morgan fingerprint density at radius 3 is 2.75 bits per heavy atom. The van der Waals surface area contributed by atoms with Crippen LogP contribution in [0.3, 0.4) is 0 Å². The molecule has 0 saturated carbocycles. The van der Waals surface area contributed by atoms with Crippen molar-refractivity contribution in [3.05, 3.63) is 63.4 Å². The number of aromatic nitrogens is 2. The molecule has 6 nitrogen and oxygen atoms in total. The van der Waals surface area contributed by atoms with Gasteiger partial charge in [0.1, 0.15) is 5.75 Å². The third-order valence-electron chi connectivity index (χ3n) is 3.95. The second-order valence-electron chi connectivity index (χ2n) is 5.98. The Morgan fingerprint density at radius 1 is 1.25 bits per heavy atom. The summed E-state index contributed by atoms with van der Waals surface area (Å²) in [5, 5.41) is 7.42. The van der Waals surface area contributed by atoms with Crippen molar-refractivity contribution in [3.63, 3.8) is 0 Å². The summed E-state index contributed by atoms with van der Waals surface area (Å²) in [5.41, 5.74) is 1.68. The summed E-state index contributed by atoms with van der Waals surface area (Å²) in [6.45, 7) is 2.91. The average Bonchev–Trinajstić information content (AvgIpc) is 3.15. The second kappa shape index (κ2) is 9.71. The van der Waals surface area contributed by atoms with Crippen LogP contribution in [0, 0.1) is 0 Å². The first-order valence-electron chi connectivity index (χ1n) is 8.81. The molecule has 1 N–H and O–H groups in total. The molecule has 146 valence electrons. The highest BCUT2D eigenvalue weighted by Gasteiger charge is 2.11. The van der Waals surface area contributed by atoms with Gasteiger partial charge in [0.05, 0.1) is 6.61 Å². The number of hydrogen-bond acceptors (Lipinski definition) is 5. The van der Waals surface area contributed by atoms with Gasteiger partial charge in [-0.2, -0.15) is 4.98 Å². The summed E-state index contributed by atoms with van der Waals surface area (Å²) in [6, 6.07) is 13.0. The molecule has 8 heteroatoms. The zero-order valence-electron chi connectivity index (χ0n) is 15.2. The molecule has 0 saturated heterocycles. The van der Waals surface area contributed by atoms with Gasteiger partial charge in [0.15, 0.2) is 0 Å². The molecule has 1 amide bonds. The van der Waals surface area contributed by atoms with Crippen molar-refractivity contribution in [1.82, 2.24) is 15.5 Å². The van der Waals surface area contributed by atoms with E-state index in [1.165, 1.54) is 0 Å². The first kappa shape index (κ1) is 20.4. The van der Waals surface area contributed by atoms with Gasteiger partial charge in [-0.15, -0.1) is 0 Å². The van der Waals surface area contributed by atoms with Crippen LogP contribution in [0.25, 0.3) is 11.4 Å². The van der Waals surface area contributed by atoms with Crippen LogP contribution in [0.2, 0.25) is 5.02 Å². The standard InChI is InChI=1S/C20H19BrClN3O3/c1-2-27-16-7-4-13(5-8-16)20-24-19(28-25-20)10-9-18(26)23-12-14-3-6-15(21)11-17(14)22/h3-8,11H,2,9-10,12H2,1H3,(H,23,26). The molecule has 2 aromatic carbocycles. The summed E-state index contributed by atoms with van der Waals surface area (Å²) in [4.78, 5) is 16.4. The van der Waals surface area contributed by atoms with Gasteiger partial charge < -0.3 is 14.6 Å². The second-order valence-corrected chi connectivity index (χ2v) is 7.30. The van der Waals surface area contributed by atoms with E-state index in [4.69, 9.17) is 20.9 Å². The van der Waals surface area contributed by atoms with E-state index in [2.05, 4.69) is 31.4 Å². The van der Waals surface area contributed by atoms with Crippen molar-refractivity contribution in [3.8, 4) is 17.1 Å². The molecule has 0 aliphatic rings. The molecule has 0 aliphatic heterocycles. The van der Waals surface area contributed by atoms with Gasteiger partial charge in [0.25, 0.3) is 0 Å². The number of aryl methyl sites for hydroxylation is 1. The lowest BCUT2D eigenvalue weighted by molar-refractivity contribution is -0.121. The molecule has 0 spiro atoms. The van der Waals surface area contributed by atoms with Crippen LogP contribution in [0.15, 0.2) is 51.5 Å². The predicted octanol–water partition coefficient (Wildman–Crippen LogP) is 4.80. The minimum atomic E-state index is -0.111. The van der Waals surface area contributed by atoms with Gasteiger partial charge in [-0.3, -0.25) is 4.79 Å². The van der Waals surface area contributed by atoms with E-state index in [1.807, 2.05) is 43.3 Å². The molecule has 0 bridgehead atoms. The molecule has 1 heterocycles. The highest BCUT2D eigenvalue weighted by Crippen LogP contribution is 2.22. The number of hydrogen-bond donors (Lipinski definition) is 1. The van der Waals surface area contributed by atoms with Crippen molar-refractivity contribution in [2.45, 2.75) is 26.3 Å². The summed E-state index contributed by atoms with van der Waals surface area (Å²) < 4.78 is 11.6. The Balaban J connectivity index is 1.50. The summed E-state index contributed by atoms with van der Waals surface area (Å²) in [6.07, 6.45) is 0.614. The van der Waals surface area contributed by atoms with E-state index in [9.17, 15) is 4.79 Å². The lowest BCUT2D eigenvalue weighted by Crippen LogP contribution is -2.23. The van der Waals surface area contributed by atoms with Crippen LogP contribution in [0.1, 0.15) is 24.8 Å². The van der Waals surface area contributed by atoms with E-state index in [-0.39, 0.29) is 12.3 Å². The number of amides is 1. The molecule has 3 aromatic rings. The van der Waals surface area contributed by atoms with Crippen molar-refractivity contribution < 1.29 is 14.1 Å². The molecule has 3 rings (SSSR count). The van der Waals surface area contributed by atoms with E-state index in [1.54, 1.807) is 6.07 Å². The summed E-state index contributed by atoms with van der Waals surface area (Å²) in [5.74, 6) is 1.58. The maximum atomic E-state index is 12.1. The molecule has 0 atom stereocenters. The normalized spacial score (nSPS) is 10.7. The van der Waals surface area contributed by atoms with Gasteiger partial charge in [-0.1, -0.05) is 38.8 Å². The fraction of sp³-hybridized carbons (Fsp3) is 0.250. The molecular weight excluding hydrogens is 446 g/mol. The monoisotopic (exact) mass is 463 g/mol. The van der Waals surface area contributed by atoms with Crippen molar-refractivity contribution >= 4 is 33.4 Å². The number of halogens is 2. The molecular formula is C20H19BrClN3O3. The van der Waals surface area contributed by atoms with Crippen molar-refractivity contribution in [2.24, 2.45) is 0 Å². The third-order valence-corrected chi connectivity index (χ3v) is 4.79. The molecule has 1 aromatic heterocycles. The van der Waals surface area contributed by atoms with Gasteiger partial charge in [0, 0.05) is 34.4 Å². The van der Waals surface area contributed by atoms with Crippen LogP contribution in [-0.4, -0.2) is 22.7 Å². The number of carbonyl (C=O) groups excluding carboxylic acids is 1. The average molecular weight is 465 g/mol. The quantitative estimate of drug-likeness (QED) is 0.518. The van der Waals surface area contributed by atoms with Crippen LogP contribution in [0.4, 0.5) is 0 Å². The predicted molar refractivity (Wildman–Crippen MR) is 110 cm³/mol. The lowest BCUT2D eigenvalue weighted by Gasteiger charge is -2.06. The molecule has 0 radical (unpaired) electrons. The summed E-state index contributed by atoms with van der Waals surface area (Å²) in [7, 11) is 0. The van der Waals surface area contributed by atoms with Crippen LogP contribution in [0.5, 0.6) is 5.75 Å². The van der Waals surface area contributed by atoms with E-state index >= 15 is 0 Å². The maximum absolute atomic E-state index is 12.1. The molecule has 0 aliphatic carbocycles. The van der Waals surface area contributed by atoms with E-state index in [0.29, 0.717) is 36.3 Å². The van der Waals surface area contributed by atoms with Gasteiger partial charge >= 0.3 is 0 Å².